The van der Waals surface area contributed by atoms with Crippen LogP contribution in [0.3, 0.4) is 0 Å². The Hall–Kier alpha value is -0.620. The molecule has 0 amide bonds. The minimum absolute atomic E-state index is 0.178. The Kier molecular flexibility index (Phi) is 14.1. The van der Waals surface area contributed by atoms with Gasteiger partial charge in [-0.25, -0.2) is 8.42 Å². The van der Waals surface area contributed by atoms with Crippen LogP contribution in [0.2, 0.25) is 0 Å². The van der Waals surface area contributed by atoms with Gasteiger partial charge in [-0.1, -0.05) is 81.2 Å². The molecule has 1 rings (SSSR count). The minimum Gasteiger partial charge on any atom is -0.744 e. The van der Waals surface area contributed by atoms with Gasteiger partial charge < -0.3 is 9.04 Å². The Morgan fingerprint density at radius 3 is 1.74 bits per heavy atom. The molecule has 0 radical (unpaired) electrons. The summed E-state index contributed by atoms with van der Waals surface area (Å²) in [6, 6.07) is 6.52. The van der Waals surface area contributed by atoms with Crippen molar-refractivity contribution < 1.29 is 17.5 Å². The number of quaternary nitrogens is 1. The Labute approximate surface area is 172 Å². The summed E-state index contributed by atoms with van der Waals surface area (Å²) in [5.41, 5.74) is 0.928. The topological polar surface area (TPSA) is 57.2 Å². The Morgan fingerprint density at radius 1 is 0.889 bits per heavy atom. The third kappa shape index (κ3) is 15.0. The van der Waals surface area contributed by atoms with Crippen molar-refractivity contribution in [2.75, 3.05) is 26.6 Å². The molecule has 0 unspecified atom stereocenters. The van der Waals surface area contributed by atoms with Crippen LogP contribution in [0.15, 0.2) is 29.2 Å². The fraction of sp³-hybridized carbons (Fsp3) is 0.714. The molecule has 0 aliphatic heterocycles. The highest BCUT2D eigenvalue weighted by atomic mass is 35.5. The highest BCUT2D eigenvalue weighted by Gasteiger charge is 2.11. The van der Waals surface area contributed by atoms with Gasteiger partial charge in [0.1, 0.15) is 10.1 Å². The third-order valence-electron chi connectivity index (χ3n) is 4.50. The van der Waals surface area contributed by atoms with Gasteiger partial charge in [0.2, 0.25) is 0 Å². The molecule has 0 saturated heterocycles. The van der Waals surface area contributed by atoms with Crippen LogP contribution in [0, 0.1) is 6.92 Å². The van der Waals surface area contributed by atoms with Gasteiger partial charge >= 0.3 is 0 Å². The van der Waals surface area contributed by atoms with Gasteiger partial charge in [-0.05, 0) is 31.9 Å². The second-order valence-corrected chi connectivity index (χ2v) is 9.49. The number of nitrogens with zero attached hydrogens (tertiary/aromatic N) is 1. The van der Waals surface area contributed by atoms with Crippen molar-refractivity contribution in [3.05, 3.63) is 29.8 Å². The van der Waals surface area contributed by atoms with Crippen LogP contribution in [-0.4, -0.2) is 44.1 Å². The van der Waals surface area contributed by atoms with E-state index >= 15 is 0 Å². The summed E-state index contributed by atoms with van der Waals surface area (Å²) in [6.45, 7) is 5.32. The first-order chi connectivity index (χ1) is 12.6. The van der Waals surface area contributed by atoms with Crippen LogP contribution in [0.25, 0.3) is 0 Å². The van der Waals surface area contributed by atoms with Crippen molar-refractivity contribution >= 4 is 21.7 Å². The van der Waals surface area contributed by atoms with Crippen molar-refractivity contribution in [2.45, 2.75) is 76.5 Å². The van der Waals surface area contributed by atoms with Crippen LogP contribution in [0.5, 0.6) is 0 Å². The summed E-state index contributed by atoms with van der Waals surface area (Å²) in [5, 5.41) is 0. The fourth-order valence-corrected chi connectivity index (χ4v) is 3.20. The van der Waals surface area contributed by atoms with E-state index in [9.17, 15) is 13.0 Å². The van der Waals surface area contributed by atoms with Gasteiger partial charge in [0.15, 0.2) is 6.00 Å². The van der Waals surface area contributed by atoms with E-state index in [0.717, 1.165) is 16.1 Å². The molecule has 0 spiro atoms. The molecule has 0 aliphatic carbocycles. The van der Waals surface area contributed by atoms with Crippen molar-refractivity contribution in [2.24, 2.45) is 0 Å². The Balaban J connectivity index is 0.000000533. The number of benzene rings is 1. The summed E-state index contributed by atoms with van der Waals surface area (Å²) in [5.74, 6) is 0. The van der Waals surface area contributed by atoms with Gasteiger partial charge in [0, 0.05) is 0 Å². The first-order valence-electron chi connectivity index (χ1n) is 10.0. The van der Waals surface area contributed by atoms with Crippen molar-refractivity contribution in [1.82, 2.24) is 0 Å². The Morgan fingerprint density at radius 2 is 1.33 bits per heavy atom. The number of hydrogen-bond acceptors (Lipinski definition) is 3. The highest BCUT2D eigenvalue weighted by molar-refractivity contribution is 7.85. The maximum Gasteiger partial charge on any atom is 0.154 e. The molecule has 0 bridgehead atoms. The predicted octanol–water partition coefficient (Wildman–Crippen LogP) is 5.69. The molecule has 0 N–H and O–H groups in total. The standard InChI is InChI=1S/C14H31ClN.C7H8O3S/c1-4-5-6-7-8-9-10-11-12-13-16(2,3)14-15;1-6-2-4-7(5-3-6)11(8,9)10/h4-14H2,1-3H3;2-5H,1H3,(H,8,9,10)/q+1;/p-1. The quantitative estimate of drug-likeness (QED) is 0.144. The van der Waals surface area contributed by atoms with Gasteiger partial charge in [0.25, 0.3) is 0 Å². The predicted molar refractivity (Wildman–Crippen MR) is 114 cm³/mol. The SMILES string of the molecule is CCCCCCCCCCC[N+](C)(C)CCl.Cc1ccc(S(=O)(=O)[O-])cc1. The molecular formula is C21H38ClNO3S. The summed E-state index contributed by atoms with van der Waals surface area (Å²) >= 11 is 5.88. The summed E-state index contributed by atoms with van der Waals surface area (Å²) in [7, 11) is 0.143. The number of halogens is 1. The molecule has 0 aromatic heterocycles. The zero-order valence-electron chi connectivity index (χ0n) is 17.5. The molecule has 0 heterocycles. The molecule has 27 heavy (non-hydrogen) atoms. The summed E-state index contributed by atoms with van der Waals surface area (Å²) in [6.07, 6.45) is 12.6. The lowest BCUT2D eigenvalue weighted by atomic mass is 10.1. The Bertz CT molecular complexity index is 586. The van der Waals surface area contributed by atoms with E-state index in [2.05, 4.69) is 21.0 Å². The molecular weight excluding hydrogens is 382 g/mol. The molecule has 6 heteroatoms. The lowest BCUT2D eigenvalue weighted by Gasteiger charge is -2.26. The smallest absolute Gasteiger partial charge is 0.154 e. The maximum atomic E-state index is 10.4. The van der Waals surface area contributed by atoms with E-state index in [-0.39, 0.29) is 4.90 Å². The molecule has 0 fully saturated rings. The van der Waals surface area contributed by atoms with E-state index in [1.807, 2.05) is 6.92 Å². The maximum absolute atomic E-state index is 10.4. The van der Waals surface area contributed by atoms with Gasteiger partial charge in [-0.2, -0.15) is 0 Å². The van der Waals surface area contributed by atoms with Gasteiger partial charge in [-0.15, -0.1) is 0 Å². The van der Waals surface area contributed by atoms with Crippen LogP contribution >= 0.6 is 11.6 Å². The van der Waals surface area contributed by atoms with E-state index < -0.39 is 10.1 Å². The van der Waals surface area contributed by atoms with E-state index in [1.54, 1.807) is 12.1 Å². The lowest BCUT2D eigenvalue weighted by molar-refractivity contribution is -0.879. The molecule has 0 atom stereocenters. The first-order valence-corrected chi connectivity index (χ1v) is 12.0. The molecule has 1 aromatic carbocycles. The van der Waals surface area contributed by atoms with Gasteiger partial charge in [-0.3, -0.25) is 0 Å². The number of hydrogen-bond donors (Lipinski definition) is 0. The largest absolute Gasteiger partial charge is 0.744 e. The lowest BCUT2D eigenvalue weighted by Crippen LogP contribution is -2.38. The average Bonchev–Trinajstić information content (AvgIpc) is 2.60. The summed E-state index contributed by atoms with van der Waals surface area (Å²) in [4.78, 5) is -0.178. The summed E-state index contributed by atoms with van der Waals surface area (Å²) < 4.78 is 32.1. The molecule has 1 aromatic rings. The van der Waals surface area contributed by atoms with E-state index in [0.29, 0.717) is 0 Å². The third-order valence-corrected chi connectivity index (χ3v) is 6.00. The van der Waals surface area contributed by atoms with Crippen LogP contribution in [0.4, 0.5) is 0 Å². The fourth-order valence-electron chi connectivity index (χ4n) is 2.62. The van der Waals surface area contributed by atoms with Crippen molar-refractivity contribution in [3.63, 3.8) is 0 Å². The highest BCUT2D eigenvalue weighted by Crippen LogP contribution is 2.11. The van der Waals surface area contributed by atoms with Gasteiger partial charge in [0.05, 0.1) is 25.5 Å². The normalized spacial score (nSPS) is 11.8. The number of aryl methyl sites for hydroxylation is 1. The molecule has 0 aliphatic rings. The second-order valence-electron chi connectivity index (χ2n) is 7.87. The molecule has 0 saturated carbocycles. The van der Waals surface area contributed by atoms with E-state index in [4.69, 9.17) is 11.6 Å². The van der Waals surface area contributed by atoms with Crippen molar-refractivity contribution in [3.8, 4) is 0 Å². The number of unbranched alkanes of at least 4 members (excludes halogenated alkanes) is 8. The van der Waals surface area contributed by atoms with Crippen LogP contribution < -0.4 is 0 Å². The van der Waals surface area contributed by atoms with E-state index in [1.165, 1.54) is 76.5 Å². The minimum atomic E-state index is -4.27. The molecule has 4 nitrogen and oxygen atoms in total. The number of alkyl halides is 1. The first kappa shape index (κ1) is 26.4. The number of rotatable bonds is 12. The van der Waals surface area contributed by atoms with Crippen LogP contribution in [-0.2, 0) is 10.1 Å². The second kappa shape index (κ2) is 14.4. The van der Waals surface area contributed by atoms with Crippen LogP contribution in [0.1, 0.15) is 70.3 Å². The van der Waals surface area contributed by atoms with Crippen molar-refractivity contribution in [1.29, 1.82) is 0 Å². The average molecular weight is 420 g/mol. The zero-order chi connectivity index (χ0) is 20.8. The zero-order valence-corrected chi connectivity index (χ0v) is 19.1. The monoisotopic (exact) mass is 419 g/mol. The molecule has 158 valence electrons.